The lowest BCUT2D eigenvalue weighted by Gasteiger charge is -2.11. The van der Waals surface area contributed by atoms with Gasteiger partial charge in [0.05, 0.1) is 18.9 Å². The van der Waals surface area contributed by atoms with Gasteiger partial charge in [-0.3, -0.25) is 4.79 Å². The summed E-state index contributed by atoms with van der Waals surface area (Å²) in [6, 6.07) is 18.8. The van der Waals surface area contributed by atoms with Gasteiger partial charge in [0.2, 0.25) is 5.91 Å². The van der Waals surface area contributed by atoms with Crippen molar-refractivity contribution in [2.45, 2.75) is 25.9 Å². The van der Waals surface area contributed by atoms with E-state index in [-0.39, 0.29) is 12.3 Å². The summed E-state index contributed by atoms with van der Waals surface area (Å²) >= 11 is 2.25. The number of aliphatic hydroxyl groups excluding tert-OH is 1. The average molecular weight is 518 g/mol. The van der Waals surface area contributed by atoms with Crippen molar-refractivity contribution in [1.29, 1.82) is 0 Å². The second-order valence-electron chi connectivity index (χ2n) is 6.56. The molecule has 3 rings (SSSR count). The molecule has 0 aliphatic rings. The highest BCUT2D eigenvalue weighted by atomic mass is 127. The van der Waals surface area contributed by atoms with Crippen LogP contribution in [0.2, 0.25) is 0 Å². The Morgan fingerprint density at radius 2 is 1.90 bits per heavy atom. The maximum atomic E-state index is 12.0. The van der Waals surface area contributed by atoms with Crippen LogP contribution in [0.4, 0.5) is 0 Å². The summed E-state index contributed by atoms with van der Waals surface area (Å²) in [4.78, 5) is 12.0. The molecule has 1 atom stereocenters. The zero-order chi connectivity index (χ0) is 21.3. The van der Waals surface area contributed by atoms with Gasteiger partial charge in [0.15, 0.2) is 0 Å². The van der Waals surface area contributed by atoms with E-state index < -0.39 is 6.10 Å². The molecule has 7 heteroatoms. The Morgan fingerprint density at radius 1 is 1.17 bits per heavy atom. The number of hydrazone groups is 1. The maximum Gasteiger partial charge on any atom is 0.240 e. The number of furan rings is 1. The molecular formula is C23H23IN2O4. The van der Waals surface area contributed by atoms with Gasteiger partial charge in [0.25, 0.3) is 0 Å². The minimum Gasteiger partial charge on any atom is -0.494 e. The number of nitrogens with zero attached hydrogens (tertiary/aromatic N) is 1. The van der Waals surface area contributed by atoms with E-state index in [0.717, 1.165) is 26.2 Å². The molecule has 6 nitrogen and oxygen atoms in total. The quantitative estimate of drug-likeness (QED) is 0.240. The van der Waals surface area contributed by atoms with Crippen LogP contribution in [0, 0.1) is 3.57 Å². The normalized spacial score (nSPS) is 12.1. The summed E-state index contributed by atoms with van der Waals surface area (Å²) < 4.78 is 12.3. The summed E-state index contributed by atoms with van der Waals surface area (Å²) in [5, 5.41) is 14.2. The first-order valence-corrected chi connectivity index (χ1v) is 10.7. The Bertz CT molecular complexity index is 981. The zero-order valence-electron chi connectivity index (χ0n) is 16.5. The van der Waals surface area contributed by atoms with Crippen molar-refractivity contribution in [1.82, 2.24) is 5.43 Å². The first-order valence-electron chi connectivity index (χ1n) is 9.63. The zero-order valence-corrected chi connectivity index (χ0v) is 18.7. The molecule has 0 aliphatic heterocycles. The highest BCUT2D eigenvalue weighted by molar-refractivity contribution is 14.1. The fourth-order valence-corrected chi connectivity index (χ4v) is 3.16. The second kappa shape index (κ2) is 10.9. The van der Waals surface area contributed by atoms with Crippen molar-refractivity contribution in [2.24, 2.45) is 5.10 Å². The van der Waals surface area contributed by atoms with Crippen LogP contribution in [0.15, 0.2) is 70.2 Å². The molecule has 0 radical (unpaired) electrons. The van der Waals surface area contributed by atoms with E-state index in [4.69, 9.17) is 9.15 Å². The number of aliphatic hydroxyl groups is 1. The van der Waals surface area contributed by atoms with Gasteiger partial charge in [-0.2, -0.15) is 5.10 Å². The third kappa shape index (κ3) is 6.43. The lowest BCUT2D eigenvalue weighted by Crippen LogP contribution is -2.18. The second-order valence-corrected chi connectivity index (χ2v) is 7.80. The number of rotatable bonds is 9. The van der Waals surface area contributed by atoms with E-state index in [1.807, 2.05) is 37.3 Å². The molecular weight excluding hydrogens is 495 g/mol. The van der Waals surface area contributed by atoms with Crippen molar-refractivity contribution in [3.05, 3.63) is 75.6 Å². The molecule has 0 saturated heterocycles. The third-order valence-electron chi connectivity index (χ3n) is 4.36. The molecule has 0 bridgehead atoms. The van der Waals surface area contributed by atoms with E-state index >= 15 is 0 Å². The molecule has 0 spiro atoms. The third-order valence-corrected chi connectivity index (χ3v) is 5.08. The van der Waals surface area contributed by atoms with E-state index in [1.54, 1.807) is 30.3 Å². The smallest absolute Gasteiger partial charge is 0.240 e. The number of carbonyl (C=O) groups excluding carboxylic acids is 1. The van der Waals surface area contributed by atoms with Crippen LogP contribution in [0.25, 0.3) is 11.3 Å². The summed E-state index contributed by atoms with van der Waals surface area (Å²) in [7, 11) is 0. The Morgan fingerprint density at radius 3 is 2.60 bits per heavy atom. The standard InChI is InChI=1S/C23H23IN2O4/c1-2-29-19-9-5-16(6-10-19)21(27)12-14-23(28)26-25-15-20-11-13-22(30-20)17-3-7-18(24)8-4-17/h3-11,13,15,21,27H,2,12,14H2,1H3,(H,26,28)/b25-15-/t21-/m0/s1. The fraction of sp³-hybridized carbons (Fsp3) is 0.217. The molecule has 30 heavy (non-hydrogen) atoms. The first kappa shape index (κ1) is 22.0. The van der Waals surface area contributed by atoms with Crippen LogP contribution in [-0.2, 0) is 4.79 Å². The number of amides is 1. The van der Waals surface area contributed by atoms with Crippen molar-refractivity contribution in [3.63, 3.8) is 0 Å². The minimum atomic E-state index is -0.725. The monoisotopic (exact) mass is 518 g/mol. The molecule has 0 fully saturated rings. The summed E-state index contributed by atoms with van der Waals surface area (Å²) in [5.74, 6) is 1.75. The van der Waals surface area contributed by atoms with Gasteiger partial charge >= 0.3 is 0 Å². The van der Waals surface area contributed by atoms with Gasteiger partial charge in [-0.25, -0.2) is 5.43 Å². The van der Waals surface area contributed by atoms with E-state index in [1.165, 1.54) is 6.21 Å². The molecule has 1 heterocycles. The Hall–Kier alpha value is -2.65. The number of carbonyl (C=O) groups is 1. The Kier molecular flexibility index (Phi) is 8.04. The number of hydrogen-bond donors (Lipinski definition) is 2. The highest BCUT2D eigenvalue weighted by Gasteiger charge is 2.10. The van der Waals surface area contributed by atoms with Crippen LogP contribution >= 0.6 is 22.6 Å². The lowest BCUT2D eigenvalue weighted by molar-refractivity contribution is -0.121. The van der Waals surface area contributed by atoms with Crippen molar-refractivity contribution < 1.29 is 19.1 Å². The van der Waals surface area contributed by atoms with Crippen LogP contribution in [0.5, 0.6) is 5.75 Å². The number of nitrogens with one attached hydrogen (secondary N) is 1. The van der Waals surface area contributed by atoms with E-state index in [9.17, 15) is 9.90 Å². The van der Waals surface area contributed by atoms with Gasteiger partial charge in [-0.1, -0.05) is 24.3 Å². The van der Waals surface area contributed by atoms with Gasteiger partial charge in [-0.15, -0.1) is 0 Å². The van der Waals surface area contributed by atoms with Gasteiger partial charge < -0.3 is 14.3 Å². The Balaban J connectivity index is 1.45. The molecule has 1 amide bonds. The summed E-state index contributed by atoms with van der Waals surface area (Å²) in [6.45, 7) is 2.51. The summed E-state index contributed by atoms with van der Waals surface area (Å²) in [5.41, 5.74) is 4.18. The number of benzene rings is 2. The average Bonchev–Trinajstić information content (AvgIpc) is 3.22. The lowest BCUT2D eigenvalue weighted by atomic mass is 10.0. The molecule has 0 unspecified atom stereocenters. The molecule has 1 aromatic heterocycles. The minimum absolute atomic E-state index is 0.151. The van der Waals surface area contributed by atoms with E-state index in [2.05, 4.69) is 33.1 Å². The number of ether oxygens (including phenoxy) is 1. The van der Waals surface area contributed by atoms with Crippen LogP contribution < -0.4 is 10.2 Å². The Labute approximate surface area is 189 Å². The molecule has 2 aromatic carbocycles. The van der Waals surface area contributed by atoms with Gasteiger partial charge in [-0.05, 0) is 77.9 Å². The predicted molar refractivity (Wildman–Crippen MR) is 124 cm³/mol. The number of hydrogen-bond acceptors (Lipinski definition) is 5. The van der Waals surface area contributed by atoms with Crippen molar-refractivity contribution in [2.75, 3.05) is 6.61 Å². The highest BCUT2D eigenvalue weighted by Crippen LogP contribution is 2.23. The van der Waals surface area contributed by atoms with Gasteiger partial charge in [0, 0.05) is 15.6 Å². The molecule has 0 saturated carbocycles. The fourth-order valence-electron chi connectivity index (χ4n) is 2.80. The van der Waals surface area contributed by atoms with Crippen LogP contribution in [0.1, 0.15) is 37.2 Å². The largest absolute Gasteiger partial charge is 0.494 e. The predicted octanol–water partition coefficient (Wildman–Crippen LogP) is 4.91. The number of halogens is 1. The first-order chi connectivity index (χ1) is 14.5. The topological polar surface area (TPSA) is 84.1 Å². The van der Waals surface area contributed by atoms with Gasteiger partial charge in [0.1, 0.15) is 17.3 Å². The summed E-state index contributed by atoms with van der Waals surface area (Å²) in [6.07, 6.45) is 1.18. The van der Waals surface area contributed by atoms with Crippen molar-refractivity contribution >= 4 is 34.7 Å². The molecule has 2 N–H and O–H groups in total. The van der Waals surface area contributed by atoms with Crippen LogP contribution in [-0.4, -0.2) is 23.8 Å². The van der Waals surface area contributed by atoms with E-state index in [0.29, 0.717) is 18.8 Å². The van der Waals surface area contributed by atoms with Crippen LogP contribution in [0.3, 0.4) is 0 Å². The SMILES string of the molecule is CCOc1ccc([C@@H](O)CCC(=O)N/N=C\c2ccc(-c3ccc(I)cc3)o2)cc1. The molecule has 0 aliphatic carbocycles. The molecule has 3 aromatic rings. The molecule has 156 valence electrons. The van der Waals surface area contributed by atoms with Crippen molar-refractivity contribution in [3.8, 4) is 17.1 Å². The maximum absolute atomic E-state index is 12.0.